The molecule has 2 atom stereocenters. The molecule has 2 aliphatic rings. The van der Waals surface area contributed by atoms with E-state index in [2.05, 4.69) is 18.7 Å². The van der Waals surface area contributed by atoms with Crippen molar-refractivity contribution in [3.05, 3.63) is 0 Å². The number of rotatable bonds is 3. The van der Waals surface area contributed by atoms with E-state index < -0.39 is 4.33 Å². The predicted molar refractivity (Wildman–Crippen MR) is 62.0 cm³/mol. The largest absolute Gasteiger partial charge is 0.295 e. The second-order valence-electron chi connectivity index (χ2n) is 4.52. The lowest BCUT2D eigenvalue weighted by Crippen LogP contribution is -2.42. The highest BCUT2D eigenvalue weighted by Crippen LogP contribution is 2.70. The van der Waals surface area contributed by atoms with E-state index >= 15 is 0 Å². The molecule has 0 spiro atoms. The third-order valence-electron chi connectivity index (χ3n) is 4.14. The van der Waals surface area contributed by atoms with Gasteiger partial charge < -0.3 is 0 Å². The van der Waals surface area contributed by atoms with Crippen LogP contribution in [0.5, 0.6) is 0 Å². The first-order valence-electron chi connectivity index (χ1n) is 5.74. The van der Waals surface area contributed by atoms with Gasteiger partial charge in [-0.2, -0.15) is 0 Å². The van der Waals surface area contributed by atoms with E-state index in [-0.39, 0.29) is 5.54 Å². The zero-order valence-corrected chi connectivity index (χ0v) is 10.5. The van der Waals surface area contributed by atoms with E-state index in [1.54, 1.807) is 0 Å². The van der Waals surface area contributed by atoms with Gasteiger partial charge in [-0.15, -0.1) is 0 Å². The summed E-state index contributed by atoms with van der Waals surface area (Å²) in [6.07, 6.45) is 4.99. The Hall–Kier alpha value is 0.540. The fourth-order valence-corrected chi connectivity index (χ4v) is 4.56. The molecule has 0 aromatic heterocycles. The molecule has 0 heterocycles. The highest BCUT2D eigenvalue weighted by atomic mass is 35.5. The van der Waals surface area contributed by atoms with Crippen molar-refractivity contribution >= 4 is 23.2 Å². The molecular formula is C11H19Cl2N. The quantitative estimate of drug-likeness (QED) is 0.678. The smallest absolute Gasteiger partial charge is 0.141 e. The third-order valence-corrected chi connectivity index (χ3v) is 5.32. The molecule has 2 saturated carbocycles. The fourth-order valence-electron chi connectivity index (χ4n) is 3.40. The lowest BCUT2D eigenvalue weighted by Gasteiger charge is -2.34. The van der Waals surface area contributed by atoms with Gasteiger partial charge >= 0.3 is 0 Å². The van der Waals surface area contributed by atoms with Crippen LogP contribution in [0, 0.1) is 5.92 Å². The number of hydrogen-bond acceptors (Lipinski definition) is 1. The normalized spacial score (nSPS) is 39.6. The van der Waals surface area contributed by atoms with Crippen LogP contribution in [0.4, 0.5) is 0 Å². The molecule has 2 unspecified atom stereocenters. The van der Waals surface area contributed by atoms with E-state index in [9.17, 15) is 0 Å². The molecule has 2 rings (SSSR count). The van der Waals surface area contributed by atoms with Crippen LogP contribution in [0.1, 0.15) is 39.5 Å². The van der Waals surface area contributed by atoms with Crippen molar-refractivity contribution in [3.8, 4) is 0 Å². The molecule has 2 fully saturated rings. The maximum atomic E-state index is 6.45. The fraction of sp³-hybridized carbons (Fsp3) is 1.00. The summed E-state index contributed by atoms with van der Waals surface area (Å²) in [5, 5.41) is 0. The Labute approximate surface area is 96.7 Å². The van der Waals surface area contributed by atoms with Gasteiger partial charge in [0.05, 0.1) is 5.54 Å². The Morgan fingerprint density at radius 3 is 2.36 bits per heavy atom. The molecule has 0 amide bonds. The number of fused-ring (bicyclic) bond motifs is 1. The lowest BCUT2D eigenvalue weighted by atomic mass is 9.94. The summed E-state index contributed by atoms with van der Waals surface area (Å²) >= 11 is 12.9. The number of nitrogens with zero attached hydrogens (tertiary/aromatic N) is 1. The van der Waals surface area contributed by atoms with Crippen molar-refractivity contribution < 1.29 is 0 Å². The summed E-state index contributed by atoms with van der Waals surface area (Å²) in [5.41, 5.74) is 0.123. The standard InChI is InChI=1S/C11H19Cl2N/c1-3-14(4-2)10-8-6-5-7-9(10)11(10,12)13/h9H,3-8H2,1-2H3. The van der Waals surface area contributed by atoms with Gasteiger partial charge in [0.2, 0.25) is 0 Å². The van der Waals surface area contributed by atoms with E-state index in [1.807, 2.05) is 0 Å². The van der Waals surface area contributed by atoms with Crippen molar-refractivity contribution in [1.29, 1.82) is 0 Å². The van der Waals surface area contributed by atoms with Crippen molar-refractivity contribution in [2.24, 2.45) is 5.92 Å². The third kappa shape index (κ3) is 1.19. The van der Waals surface area contributed by atoms with Crippen LogP contribution >= 0.6 is 23.2 Å². The molecule has 1 nitrogen and oxygen atoms in total. The molecule has 2 aliphatic carbocycles. The first-order chi connectivity index (χ1) is 6.61. The van der Waals surface area contributed by atoms with Crippen LogP contribution in [0.15, 0.2) is 0 Å². The predicted octanol–water partition coefficient (Wildman–Crippen LogP) is 3.44. The van der Waals surface area contributed by atoms with Crippen molar-refractivity contribution in [2.75, 3.05) is 13.1 Å². The van der Waals surface area contributed by atoms with Gasteiger partial charge in [0.1, 0.15) is 4.33 Å². The molecule has 0 saturated heterocycles. The Balaban J connectivity index is 2.21. The van der Waals surface area contributed by atoms with E-state index in [0.29, 0.717) is 5.92 Å². The second-order valence-corrected chi connectivity index (χ2v) is 5.90. The topological polar surface area (TPSA) is 3.24 Å². The minimum absolute atomic E-state index is 0.123. The molecule has 0 N–H and O–H groups in total. The van der Waals surface area contributed by atoms with Crippen molar-refractivity contribution in [3.63, 3.8) is 0 Å². The summed E-state index contributed by atoms with van der Waals surface area (Å²) in [5.74, 6) is 0.520. The van der Waals surface area contributed by atoms with E-state index in [0.717, 1.165) is 13.1 Å². The molecule has 0 aliphatic heterocycles. The molecule has 0 bridgehead atoms. The van der Waals surface area contributed by atoms with Crippen molar-refractivity contribution in [1.82, 2.24) is 4.90 Å². The molecule has 82 valence electrons. The Kier molecular flexibility index (Phi) is 2.79. The minimum Gasteiger partial charge on any atom is -0.295 e. The van der Waals surface area contributed by atoms with Gasteiger partial charge in [-0.25, -0.2) is 0 Å². The van der Waals surface area contributed by atoms with Gasteiger partial charge in [0, 0.05) is 5.92 Å². The maximum absolute atomic E-state index is 6.45. The van der Waals surface area contributed by atoms with Crippen LogP contribution in [-0.2, 0) is 0 Å². The van der Waals surface area contributed by atoms with Gasteiger partial charge in [-0.05, 0) is 25.9 Å². The number of halogens is 2. The Bertz CT molecular complexity index is 225. The van der Waals surface area contributed by atoms with Crippen LogP contribution in [0.25, 0.3) is 0 Å². The minimum atomic E-state index is -0.463. The molecule has 0 radical (unpaired) electrons. The van der Waals surface area contributed by atoms with Crippen LogP contribution < -0.4 is 0 Å². The first-order valence-corrected chi connectivity index (χ1v) is 6.49. The SMILES string of the molecule is CCN(CC)C12CCCCC1C2(Cl)Cl. The summed E-state index contributed by atoms with van der Waals surface area (Å²) < 4.78 is -0.463. The van der Waals surface area contributed by atoms with Gasteiger partial charge in [0.15, 0.2) is 0 Å². The molecule has 0 aromatic carbocycles. The van der Waals surface area contributed by atoms with Crippen LogP contribution in [-0.4, -0.2) is 27.9 Å². The zero-order chi connectivity index (χ0) is 10.4. The molecular weight excluding hydrogens is 217 g/mol. The highest BCUT2D eigenvalue weighted by molar-refractivity contribution is 6.52. The second kappa shape index (κ2) is 3.54. The van der Waals surface area contributed by atoms with E-state index in [1.165, 1.54) is 25.7 Å². The summed E-state index contributed by atoms with van der Waals surface area (Å²) in [6.45, 7) is 6.53. The molecule has 3 heteroatoms. The average Bonchev–Trinajstić information content (AvgIpc) is 2.68. The van der Waals surface area contributed by atoms with Crippen LogP contribution in [0.2, 0.25) is 0 Å². The van der Waals surface area contributed by atoms with Crippen molar-refractivity contribution in [2.45, 2.75) is 49.4 Å². The molecule has 14 heavy (non-hydrogen) atoms. The Morgan fingerprint density at radius 1 is 1.21 bits per heavy atom. The van der Waals surface area contributed by atoms with Crippen LogP contribution in [0.3, 0.4) is 0 Å². The monoisotopic (exact) mass is 235 g/mol. The Morgan fingerprint density at radius 2 is 1.86 bits per heavy atom. The number of hydrogen-bond donors (Lipinski definition) is 0. The van der Waals surface area contributed by atoms with Gasteiger partial charge in [-0.3, -0.25) is 4.90 Å². The number of alkyl halides is 2. The average molecular weight is 236 g/mol. The van der Waals surface area contributed by atoms with Gasteiger partial charge in [0.25, 0.3) is 0 Å². The molecule has 0 aromatic rings. The highest BCUT2D eigenvalue weighted by Gasteiger charge is 2.77. The zero-order valence-electron chi connectivity index (χ0n) is 9.02. The summed E-state index contributed by atoms with van der Waals surface area (Å²) in [7, 11) is 0. The maximum Gasteiger partial charge on any atom is 0.141 e. The first kappa shape index (κ1) is 11.0. The van der Waals surface area contributed by atoms with Gasteiger partial charge in [-0.1, -0.05) is 49.9 Å². The van der Waals surface area contributed by atoms with E-state index in [4.69, 9.17) is 23.2 Å². The lowest BCUT2D eigenvalue weighted by molar-refractivity contribution is 0.148. The summed E-state index contributed by atoms with van der Waals surface area (Å²) in [4.78, 5) is 2.47. The summed E-state index contributed by atoms with van der Waals surface area (Å²) in [6, 6.07) is 0.